The molecule has 94 valence electrons. The first kappa shape index (κ1) is 13.6. The number of carboxylic acids is 1. The van der Waals surface area contributed by atoms with E-state index in [2.05, 4.69) is 26.1 Å². The minimum Gasteiger partial charge on any atom is -0.478 e. The Labute approximate surface area is 103 Å². The molecular formula is C14H21NO2. The minimum atomic E-state index is -0.881. The van der Waals surface area contributed by atoms with Gasteiger partial charge in [0.15, 0.2) is 0 Å². The molecule has 0 aliphatic carbocycles. The third-order valence-corrected chi connectivity index (χ3v) is 3.47. The molecule has 0 amide bonds. The van der Waals surface area contributed by atoms with Gasteiger partial charge in [0.1, 0.15) is 0 Å². The highest BCUT2D eigenvalue weighted by atomic mass is 16.4. The van der Waals surface area contributed by atoms with Gasteiger partial charge in [-0.2, -0.15) is 0 Å². The summed E-state index contributed by atoms with van der Waals surface area (Å²) in [6.45, 7) is 8.41. The molecule has 0 unspecified atom stereocenters. The second kappa shape index (κ2) is 5.21. The summed E-state index contributed by atoms with van der Waals surface area (Å²) in [4.78, 5) is 10.8. The molecule has 2 N–H and O–H groups in total. The number of carbonyl (C=O) groups is 1. The zero-order valence-corrected chi connectivity index (χ0v) is 11.0. The number of anilines is 1. The van der Waals surface area contributed by atoms with Crippen molar-refractivity contribution in [3.05, 3.63) is 29.3 Å². The van der Waals surface area contributed by atoms with Crippen LogP contribution in [0.2, 0.25) is 0 Å². The third-order valence-electron chi connectivity index (χ3n) is 3.47. The Bertz CT molecular complexity index is 409. The van der Waals surface area contributed by atoms with Crippen molar-refractivity contribution in [1.82, 2.24) is 0 Å². The van der Waals surface area contributed by atoms with E-state index in [1.165, 1.54) is 0 Å². The summed E-state index contributed by atoms with van der Waals surface area (Å²) in [5.41, 5.74) is 2.39. The van der Waals surface area contributed by atoms with Gasteiger partial charge < -0.3 is 10.4 Å². The Morgan fingerprint density at radius 2 is 1.94 bits per heavy atom. The molecule has 1 aromatic carbocycles. The van der Waals surface area contributed by atoms with Crippen LogP contribution in [0.1, 0.15) is 49.5 Å². The van der Waals surface area contributed by atoms with Gasteiger partial charge in [-0.05, 0) is 50.5 Å². The van der Waals surface area contributed by atoms with Crippen LogP contribution in [0.5, 0.6) is 0 Å². The molecule has 3 heteroatoms. The van der Waals surface area contributed by atoms with E-state index in [1.807, 2.05) is 13.0 Å². The smallest absolute Gasteiger partial charge is 0.335 e. The minimum absolute atomic E-state index is 0.0650. The highest BCUT2D eigenvalue weighted by molar-refractivity contribution is 5.88. The molecule has 0 radical (unpaired) electrons. The maximum absolute atomic E-state index is 10.8. The molecule has 0 spiro atoms. The van der Waals surface area contributed by atoms with Crippen molar-refractivity contribution in [2.45, 2.75) is 46.1 Å². The van der Waals surface area contributed by atoms with Gasteiger partial charge in [0, 0.05) is 11.2 Å². The van der Waals surface area contributed by atoms with Crippen molar-refractivity contribution < 1.29 is 9.90 Å². The first-order valence-electron chi connectivity index (χ1n) is 6.04. The highest BCUT2D eigenvalue weighted by Crippen LogP contribution is 2.24. The fourth-order valence-electron chi connectivity index (χ4n) is 1.69. The number of hydrogen-bond acceptors (Lipinski definition) is 2. The average molecular weight is 235 g/mol. The zero-order chi connectivity index (χ0) is 13.1. The van der Waals surface area contributed by atoms with Crippen LogP contribution in [0.25, 0.3) is 0 Å². The van der Waals surface area contributed by atoms with Crippen molar-refractivity contribution in [2.24, 2.45) is 0 Å². The largest absolute Gasteiger partial charge is 0.478 e. The van der Waals surface area contributed by atoms with E-state index >= 15 is 0 Å². The lowest BCUT2D eigenvalue weighted by atomic mass is 9.94. The van der Waals surface area contributed by atoms with Crippen molar-refractivity contribution >= 4 is 11.7 Å². The second-order valence-electron chi connectivity index (χ2n) is 4.73. The topological polar surface area (TPSA) is 49.3 Å². The predicted octanol–water partition coefficient (Wildman–Crippen LogP) is 3.68. The molecule has 0 saturated carbocycles. The van der Waals surface area contributed by atoms with E-state index in [0.29, 0.717) is 5.56 Å². The lowest BCUT2D eigenvalue weighted by Gasteiger charge is -2.30. The van der Waals surface area contributed by atoms with Crippen LogP contribution in [0.4, 0.5) is 5.69 Å². The van der Waals surface area contributed by atoms with Crippen LogP contribution in [-0.2, 0) is 0 Å². The van der Waals surface area contributed by atoms with Gasteiger partial charge in [0.2, 0.25) is 0 Å². The zero-order valence-electron chi connectivity index (χ0n) is 11.0. The molecule has 1 rings (SSSR count). The van der Waals surface area contributed by atoms with Crippen molar-refractivity contribution in [3.8, 4) is 0 Å². The van der Waals surface area contributed by atoms with Gasteiger partial charge in [0.25, 0.3) is 0 Å². The predicted molar refractivity (Wildman–Crippen MR) is 70.7 cm³/mol. The van der Waals surface area contributed by atoms with Gasteiger partial charge in [-0.25, -0.2) is 4.79 Å². The van der Waals surface area contributed by atoms with E-state index < -0.39 is 5.97 Å². The average Bonchev–Trinajstić information content (AvgIpc) is 2.31. The van der Waals surface area contributed by atoms with Crippen molar-refractivity contribution in [2.75, 3.05) is 5.32 Å². The first-order valence-corrected chi connectivity index (χ1v) is 6.04. The number of benzene rings is 1. The fourth-order valence-corrected chi connectivity index (χ4v) is 1.69. The molecule has 0 aliphatic heterocycles. The summed E-state index contributed by atoms with van der Waals surface area (Å²) in [5, 5.41) is 12.4. The highest BCUT2D eigenvalue weighted by Gasteiger charge is 2.19. The van der Waals surface area contributed by atoms with Gasteiger partial charge in [-0.1, -0.05) is 13.8 Å². The van der Waals surface area contributed by atoms with Crippen LogP contribution >= 0.6 is 0 Å². The molecule has 0 bridgehead atoms. The standard InChI is InChI=1S/C14H21NO2/c1-5-14(4,6-2)15-12-8-7-11(13(16)17)9-10(12)3/h7-9,15H,5-6H2,1-4H3,(H,16,17). The van der Waals surface area contributed by atoms with E-state index in [9.17, 15) is 4.79 Å². The molecule has 1 aromatic rings. The first-order chi connectivity index (χ1) is 7.91. The van der Waals surface area contributed by atoms with E-state index in [4.69, 9.17) is 5.11 Å². The third kappa shape index (κ3) is 3.22. The SMILES string of the molecule is CCC(C)(CC)Nc1ccc(C(=O)O)cc1C. The molecular weight excluding hydrogens is 214 g/mol. The molecule has 0 aliphatic rings. The van der Waals surface area contributed by atoms with Gasteiger partial charge in [-0.3, -0.25) is 0 Å². The molecule has 0 aromatic heterocycles. The van der Waals surface area contributed by atoms with Gasteiger partial charge in [0.05, 0.1) is 5.56 Å². The maximum Gasteiger partial charge on any atom is 0.335 e. The van der Waals surface area contributed by atoms with Crippen LogP contribution in [0, 0.1) is 6.92 Å². The Morgan fingerprint density at radius 3 is 2.35 bits per heavy atom. The van der Waals surface area contributed by atoms with E-state index in [0.717, 1.165) is 24.1 Å². The van der Waals surface area contributed by atoms with Gasteiger partial charge >= 0.3 is 5.97 Å². The van der Waals surface area contributed by atoms with Gasteiger partial charge in [-0.15, -0.1) is 0 Å². The normalized spacial score (nSPS) is 11.3. The molecule has 0 heterocycles. The fraction of sp³-hybridized carbons (Fsp3) is 0.500. The molecule has 3 nitrogen and oxygen atoms in total. The van der Waals surface area contributed by atoms with Crippen molar-refractivity contribution in [1.29, 1.82) is 0 Å². The summed E-state index contributed by atoms with van der Waals surface area (Å²) < 4.78 is 0. The number of nitrogens with one attached hydrogen (secondary N) is 1. The van der Waals surface area contributed by atoms with Crippen LogP contribution in [0.15, 0.2) is 18.2 Å². The Morgan fingerprint density at radius 1 is 1.35 bits per heavy atom. The van der Waals surface area contributed by atoms with Crippen LogP contribution in [-0.4, -0.2) is 16.6 Å². The summed E-state index contributed by atoms with van der Waals surface area (Å²) in [5.74, 6) is -0.881. The number of rotatable bonds is 5. The lowest BCUT2D eigenvalue weighted by molar-refractivity contribution is 0.0697. The van der Waals surface area contributed by atoms with E-state index in [-0.39, 0.29) is 5.54 Å². The number of aryl methyl sites for hydroxylation is 1. The molecule has 0 atom stereocenters. The summed E-state index contributed by atoms with van der Waals surface area (Å²) >= 11 is 0. The Balaban J connectivity index is 2.97. The maximum atomic E-state index is 10.8. The monoisotopic (exact) mass is 235 g/mol. The number of aromatic carboxylic acids is 1. The summed E-state index contributed by atoms with van der Waals surface area (Å²) in [6, 6.07) is 5.20. The number of carboxylic acid groups (broad SMARTS) is 1. The number of hydrogen-bond donors (Lipinski definition) is 2. The molecule has 17 heavy (non-hydrogen) atoms. The second-order valence-corrected chi connectivity index (χ2v) is 4.73. The molecule has 0 saturated heterocycles. The van der Waals surface area contributed by atoms with E-state index in [1.54, 1.807) is 12.1 Å². The molecule has 0 fully saturated rings. The summed E-state index contributed by atoms with van der Waals surface area (Å²) in [6.07, 6.45) is 2.06. The Hall–Kier alpha value is -1.51. The quantitative estimate of drug-likeness (QED) is 0.818. The Kier molecular flexibility index (Phi) is 4.16. The summed E-state index contributed by atoms with van der Waals surface area (Å²) in [7, 11) is 0. The van der Waals surface area contributed by atoms with Crippen LogP contribution < -0.4 is 5.32 Å². The lowest BCUT2D eigenvalue weighted by Crippen LogP contribution is -2.33. The van der Waals surface area contributed by atoms with Crippen molar-refractivity contribution in [3.63, 3.8) is 0 Å². The van der Waals surface area contributed by atoms with Crippen LogP contribution in [0.3, 0.4) is 0 Å².